The van der Waals surface area contributed by atoms with Crippen LogP contribution >= 0.6 is 0 Å². The Kier molecular flexibility index (Phi) is 7.12. The van der Waals surface area contributed by atoms with Crippen LogP contribution in [0.4, 0.5) is 5.69 Å². The lowest BCUT2D eigenvalue weighted by atomic mass is 9.93. The summed E-state index contributed by atoms with van der Waals surface area (Å²) < 4.78 is 11.7. The molecular formula is C25H20N4O8. The third kappa shape index (κ3) is 5.55. The number of benzene rings is 3. The number of carboxylic acid groups (broad SMARTS) is 2. The summed E-state index contributed by atoms with van der Waals surface area (Å²) in [6, 6.07) is 13.7. The van der Waals surface area contributed by atoms with E-state index in [1.807, 2.05) is 0 Å². The first-order valence-electron chi connectivity index (χ1n) is 10.9. The highest BCUT2D eigenvalue weighted by Gasteiger charge is 2.22. The van der Waals surface area contributed by atoms with Gasteiger partial charge in [0.05, 0.1) is 18.8 Å². The highest BCUT2D eigenvalue weighted by atomic mass is 16.5. The fraction of sp³-hybridized carbons (Fsp3) is 0.160. The Morgan fingerprint density at radius 2 is 1.78 bits per heavy atom. The van der Waals surface area contributed by atoms with Crippen molar-refractivity contribution in [1.82, 2.24) is 0 Å². The van der Waals surface area contributed by atoms with Crippen LogP contribution in [0.1, 0.15) is 0 Å². The second-order valence-electron chi connectivity index (χ2n) is 7.94. The fourth-order valence-corrected chi connectivity index (χ4v) is 4.01. The van der Waals surface area contributed by atoms with Gasteiger partial charge in [-0.1, -0.05) is 11.2 Å². The van der Waals surface area contributed by atoms with Crippen molar-refractivity contribution in [2.45, 2.75) is 0 Å². The van der Waals surface area contributed by atoms with Crippen LogP contribution in [-0.2, 0) is 9.59 Å². The second-order valence-corrected chi connectivity index (χ2v) is 7.94. The lowest BCUT2D eigenvalue weighted by Gasteiger charge is -2.24. The predicted molar refractivity (Wildman–Crippen MR) is 133 cm³/mol. The number of rotatable bonds is 10. The fourth-order valence-electron chi connectivity index (χ4n) is 4.01. The molecule has 0 amide bonds. The molecule has 2 aromatic rings. The quantitative estimate of drug-likeness (QED) is 0.0945. The predicted octanol–water partition coefficient (Wildman–Crippen LogP) is 3.94. The van der Waals surface area contributed by atoms with Gasteiger partial charge in [0.15, 0.2) is 5.43 Å². The number of phenolic OH excluding ortho intramolecular Hbond substituents is 1. The molecule has 1 aliphatic heterocycles. The zero-order valence-corrected chi connectivity index (χ0v) is 19.2. The van der Waals surface area contributed by atoms with Crippen molar-refractivity contribution in [3.63, 3.8) is 0 Å². The van der Waals surface area contributed by atoms with Crippen molar-refractivity contribution in [3.05, 3.63) is 75.3 Å². The number of azide groups is 1. The topological polar surface area (TPSA) is 186 Å². The second kappa shape index (κ2) is 10.6. The molecule has 3 N–H and O–H groups in total. The molecule has 4 rings (SSSR count). The van der Waals surface area contributed by atoms with Crippen LogP contribution in [0.3, 0.4) is 0 Å². The van der Waals surface area contributed by atoms with Crippen molar-refractivity contribution in [2.75, 3.05) is 31.1 Å². The van der Waals surface area contributed by atoms with Gasteiger partial charge in [0, 0.05) is 33.6 Å². The van der Waals surface area contributed by atoms with Crippen LogP contribution in [0.25, 0.3) is 43.9 Å². The lowest BCUT2D eigenvalue weighted by Crippen LogP contribution is -2.34. The van der Waals surface area contributed by atoms with E-state index in [-0.39, 0.29) is 41.5 Å². The Labute approximate surface area is 208 Å². The van der Waals surface area contributed by atoms with Gasteiger partial charge in [-0.25, -0.2) is 0 Å². The average molecular weight is 504 g/mol. The molecule has 1 heterocycles. The summed E-state index contributed by atoms with van der Waals surface area (Å²) in [4.78, 5) is 38.6. The first kappa shape index (κ1) is 24.9. The monoisotopic (exact) mass is 504 g/mol. The number of aliphatic carboxylic acids is 2. The van der Waals surface area contributed by atoms with Gasteiger partial charge in [-0.2, -0.15) is 0 Å². The van der Waals surface area contributed by atoms with Crippen LogP contribution in [0.15, 0.2) is 68.9 Å². The Bertz CT molecular complexity index is 1560. The van der Waals surface area contributed by atoms with Gasteiger partial charge in [0.2, 0.25) is 0 Å². The molecule has 12 heteroatoms. The Balaban J connectivity index is 1.94. The molecule has 0 unspecified atom stereocenters. The molecule has 12 nitrogen and oxygen atoms in total. The molecule has 0 fully saturated rings. The van der Waals surface area contributed by atoms with Crippen LogP contribution in [-0.4, -0.2) is 53.5 Å². The van der Waals surface area contributed by atoms with E-state index in [0.29, 0.717) is 27.7 Å². The molecule has 0 radical (unpaired) electrons. The van der Waals surface area contributed by atoms with Gasteiger partial charge in [0.25, 0.3) is 0 Å². The van der Waals surface area contributed by atoms with E-state index >= 15 is 0 Å². The molecule has 1 aliphatic carbocycles. The Morgan fingerprint density at radius 3 is 2.49 bits per heavy atom. The van der Waals surface area contributed by atoms with E-state index < -0.39 is 25.0 Å². The largest absolute Gasteiger partial charge is 0.508 e. The average Bonchev–Trinajstić information content (AvgIpc) is 2.84. The molecule has 0 saturated carbocycles. The SMILES string of the molecule is [N-]=[N+]=NCCOc1cc(-c2c3ccc(=O)cc-3oc3cc(O)ccc23)ccc1N(CC(=O)O)CC(=O)O. The highest BCUT2D eigenvalue weighted by molar-refractivity contribution is 6.02. The summed E-state index contributed by atoms with van der Waals surface area (Å²) in [5.74, 6) is -2.06. The minimum absolute atomic E-state index is 0.0142. The van der Waals surface area contributed by atoms with Crippen molar-refractivity contribution >= 4 is 28.6 Å². The molecule has 2 aliphatic rings. The van der Waals surface area contributed by atoms with E-state index in [0.717, 1.165) is 4.90 Å². The van der Waals surface area contributed by atoms with Crippen molar-refractivity contribution in [2.24, 2.45) is 5.11 Å². The summed E-state index contributed by atoms with van der Waals surface area (Å²) in [5.41, 5.74) is 10.6. The van der Waals surface area contributed by atoms with Crippen molar-refractivity contribution < 1.29 is 34.1 Å². The zero-order valence-electron chi connectivity index (χ0n) is 19.2. The number of fused-ring (bicyclic) bond motifs is 2. The highest BCUT2D eigenvalue weighted by Crippen LogP contribution is 2.43. The van der Waals surface area contributed by atoms with E-state index in [1.165, 1.54) is 30.3 Å². The number of carbonyl (C=O) groups is 2. The number of ether oxygens (including phenoxy) is 1. The molecule has 37 heavy (non-hydrogen) atoms. The van der Waals surface area contributed by atoms with Gasteiger partial charge in [-0.05, 0) is 47.5 Å². The smallest absolute Gasteiger partial charge is 0.323 e. The van der Waals surface area contributed by atoms with Crippen molar-refractivity contribution in [3.8, 4) is 33.9 Å². The molecule has 0 bridgehead atoms. The number of nitrogens with zero attached hydrogens (tertiary/aromatic N) is 4. The summed E-state index contributed by atoms with van der Waals surface area (Å²) in [5, 5.41) is 32.7. The van der Waals surface area contributed by atoms with Crippen LogP contribution in [0, 0.1) is 0 Å². The number of hydrogen-bond acceptors (Lipinski definition) is 8. The third-order valence-electron chi connectivity index (χ3n) is 5.43. The van der Waals surface area contributed by atoms with Crippen LogP contribution in [0.5, 0.6) is 11.5 Å². The summed E-state index contributed by atoms with van der Waals surface area (Å²) in [6.45, 7) is -1.26. The molecule has 188 valence electrons. The Morgan fingerprint density at radius 1 is 1.03 bits per heavy atom. The minimum Gasteiger partial charge on any atom is -0.508 e. The number of hydrogen-bond donors (Lipinski definition) is 3. The normalized spacial score (nSPS) is 10.7. The zero-order chi connectivity index (χ0) is 26.5. The maximum absolute atomic E-state index is 12.0. The molecule has 0 atom stereocenters. The van der Waals surface area contributed by atoms with Gasteiger partial charge < -0.3 is 29.4 Å². The van der Waals surface area contributed by atoms with Gasteiger partial charge in [-0.15, -0.1) is 0 Å². The number of aromatic hydroxyl groups is 1. The number of anilines is 1. The summed E-state index contributed by atoms with van der Waals surface area (Å²) in [7, 11) is 0. The van der Waals surface area contributed by atoms with Gasteiger partial charge >= 0.3 is 11.9 Å². The lowest BCUT2D eigenvalue weighted by molar-refractivity contribution is -0.136. The van der Waals surface area contributed by atoms with Crippen LogP contribution < -0.4 is 15.1 Å². The minimum atomic E-state index is -1.24. The first-order valence-corrected chi connectivity index (χ1v) is 10.9. The maximum atomic E-state index is 12.0. The molecule has 2 aromatic carbocycles. The maximum Gasteiger partial charge on any atom is 0.323 e. The van der Waals surface area contributed by atoms with E-state index in [2.05, 4.69) is 10.0 Å². The van der Waals surface area contributed by atoms with Crippen LogP contribution in [0.2, 0.25) is 0 Å². The molecule has 0 aromatic heterocycles. The summed E-state index contributed by atoms with van der Waals surface area (Å²) in [6.07, 6.45) is 0. The molecule has 0 saturated heterocycles. The first-order chi connectivity index (χ1) is 17.8. The summed E-state index contributed by atoms with van der Waals surface area (Å²) >= 11 is 0. The number of carboxylic acids is 2. The van der Waals surface area contributed by atoms with Crippen molar-refractivity contribution in [1.29, 1.82) is 0 Å². The van der Waals surface area contributed by atoms with E-state index in [9.17, 15) is 29.7 Å². The van der Waals surface area contributed by atoms with Gasteiger partial charge in [0.1, 0.15) is 35.9 Å². The third-order valence-corrected chi connectivity index (χ3v) is 5.43. The molecular weight excluding hydrogens is 484 g/mol. The Hall–Kier alpha value is -5.22. The number of phenols is 1. The van der Waals surface area contributed by atoms with Gasteiger partial charge in [-0.3, -0.25) is 14.4 Å². The molecule has 0 spiro atoms. The van der Waals surface area contributed by atoms with E-state index in [1.54, 1.807) is 24.3 Å². The van der Waals surface area contributed by atoms with E-state index in [4.69, 9.17) is 14.7 Å². The standard InChI is InChI=1S/C25H20N4O8/c26-28-27-7-8-36-22-9-14(1-6-19(22)29(12-23(32)33)13-24(34)35)25-17-4-2-15(30)10-20(17)37-21-11-16(31)3-5-18(21)25/h1-6,9-11,30H,7-8,12-13H2,(H,32,33)(H,34,35).